The lowest BCUT2D eigenvalue weighted by molar-refractivity contribution is -0.134. The van der Waals surface area contributed by atoms with Gasteiger partial charge in [-0.05, 0) is 36.9 Å². The van der Waals surface area contributed by atoms with E-state index in [-0.39, 0.29) is 18.0 Å². The third kappa shape index (κ3) is 2.13. The molecule has 108 valence electrons. The van der Waals surface area contributed by atoms with E-state index in [0.717, 1.165) is 25.8 Å². The lowest BCUT2D eigenvalue weighted by atomic mass is 10.1. The van der Waals surface area contributed by atoms with Crippen LogP contribution >= 0.6 is 0 Å². The summed E-state index contributed by atoms with van der Waals surface area (Å²) in [6.45, 7) is 0.996. The van der Waals surface area contributed by atoms with Gasteiger partial charge in [0.15, 0.2) is 0 Å². The van der Waals surface area contributed by atoms with Gasteiger partial charge in [-0.1, -0.05) is 24.3 Å². The van der Waals surface area contributed by atoms with Crippen molar-refractivity contribution >= 4 is 5.91 Å². The average molecular weight is 273 g/mol. The second kappa shape index (κ2) is 5.19. The molecule has 0 radical (unpaired) electrons. The molecule has 20 heavy (non-hydrogen) atoms. The molecule has 4 heteroatoms. The Bertz CT molecular complexity index is 514. The monoisotopic (exact) mass is 273 g/mol. The highest BCUT2D eigenvalue weighted by Crippen LogP contribution is 2.43. The van der Waals surface area contributed by atoms with Crippen molar-refractivity contribution < 1.29 is 4.79 Å². The summed E-state index contributed by atoms with van der Waals surface area (Å²) in [6, 6.07) is 8.84. The number of amides is 1. The van der Waals surface area contributed by atoms with Gasteiger partial charge in [-0.15, -0.1) is 0 Å². The van der Waals surface area contributed by atoms with Gasteiger partial charge in [-0.2, -0.15) is 0 Å². The number of carbonyl (C=O) groups excluding carboxylic acids is 1. The molecule has 1 saturated heterocycles. The zero-order chi connectivity index (χ0) is 14.3. The van der Waals surface area contributed by atoms with E-state index in [0.29, 0.717) is 6.04 Å². The zero-order valence-corrected chi connectivity index (χ0v) is 12.2. The van der Waals surface area contributed by atoms with Crippen molar-refractivity contribution in [1.82, 2.24) is 9.80 Å². The lowest BCUT2D eigenvalue weighted by Gasteiger charge is -2.31. The van der Waals surface area contributed by atoms with Crippen LogP contribution in [-0.4, -0.2) is 42.4 Å². The molecule has 0 aromatic heterocycles. The lowest BCUT2D eigenvalue weighted by Crippen LogP contribution is -2.43. The Morgan fingerprint density at radius 1 is 1.30 bits per heavy atom. The number of benzene rings is 1. The van der Waals surface area contributed by atoms with Crippen molar-refractivity contribution in [2.45, 2.75) is 37.4 Å². The molecule has 1 fully saturated rings. The van der Waals surface area contributed by atoms with Crippen molar-refractivity contribution in [3.8, 4) is 0 Å². The van der Waals surface area contributed by atoms with Crippen LogP contribution in [0, 0.1) is 0 Å². The van der Waals surface area contributed by atoms with Gasteiger partial charge in [0, 0.05) is 26.2 Å². The summed E-state index contributed by atoms with van der Waals surface area (Å²) >= 11 is 0. The Morgan fingerprint density at radius 3 is 2.70 bits per heavy atom. The highest BCUT2D eigenvalue weighted by Gasteiger charge is 2.40. The summed E-state index contributed by atoms with van der Waals surface area (Å²) in [6.07, 6.45) is 2.99. The summed E-state index contributed by atoms with van der Waals surface area (Å²) in [5.74, 6) is 0.223. The Hall–Kier alpha value is -1.39. The van der Waals surface area contributed by atoms with E-state index in [1.165, 1.54) is 11.1 Å². The van der Waals surface area contributed by atoms with Crippen molar-refractivity contribution in [3.63, 3.8) is 0 Å². The normalized spacial score (nSPS) is 29.4. The molecule has 0 saturated carbocycles. The number of nitrogens with two attached hydrogens (primary N) is 1. The molecule has 3 unspecified atom stereocenters. The molecular weight excluding hydrogens is 250 g/mol. The second-order valence-corrected chi connectivity index (χ2v) is 6.12. The van der Waals surface area contributed by atoms with Gasteiger partial charge >= 0.3 is 0 Å². The Balaban J connectivity index is 1.88. The standard InChI is InChI=1S/C16H23N3O/c1-18(2)16(20)14-8-5-9-19(14)15-10-13(17)11-6-3-4-7-12(11)15/h3-4,6-7,13-15H,5,8-10,17H2,1-2H3. The minimum absolute atomic E-state index is 0.0216. The molecule has 1 aromatic rings. The summed E-state index contributed by atoms with van der Waals surface area (Å²) < 4.78 is 0. The maximum Gasteiger partial charge on any atom is 0.239 e. The Morgan fingerprint density at radius 2 is 2.00 bits per heavy atom. The summed E-state index contributed by atoms with van der Waals surface area (Å²) in [5.41, 5.74) is 8.83. The number of fused-ring (bicyclic) bond motifs is 1. The van der Waals surface area contributed by atoms with Crippen LogP contribution in [0.25, 0.3) is 0 Å². The summed E-state index contributed by atoms with van der Waals surface area (Å²) in [5, 5.41) is 0. The molecule has 2 aliphatic rings. The minimum atomic E-state index is 0.0216. The molecular formula is C16H23N3O. The van der Waals surface area contributed by atoms with Gasteiger partial charge in [-0.3, -0.25) is 9.69 Å². The van der Waals surface area contributed by atoms with Crippen LogP contribution in [0.4, 0.5) is 0 Å². The number of rotatable bonds is 2. The third-order valence-corrected chi connectivity index (χ3v) is 4.65. The van der Waals surface area contributed by atoms with E-state index in [1.807, 2.05) is 20.2 Å². The third-order valence-electron chi connectivity index (χ3n) is 4.65. The summed E-state index contributed by atoms with van der Waals surface area (Å²) in [4.78, 5) is 16.4. The average Bonchev–Trinajstić information content (AvgIpc) is 3.03. The molecule has 3 rings (SSSR count). The number of carbonyl (C=O) groups is 1. The first kappa shape index (κ1) is 13.6. The number of nitrogens with zero attached hydrogens (tertiary/aromatic N) is 2. The van der Waals surface area contributed by atoms with Gasteiger partial charge in [0.05, 0.1) is 6.04 Å². The van der Waals surface area contributed by atoms with E-state index in [1.54, 1.807) is 4.90 Å². The van der Waals surface area contributed by atoms with Crippen LogP contribution in [0.2, 0.25) is 0 Å². The molecule has 0 spiro atoms. The zero-order valence-electron chi connectivity index (χ0n) is 12.2. The number of hydrogen-bond donors (Lipinski definition) is 1. The van der Waals surface area contributed by atoms with Gasteiger partial charge < -0.3 is 10.6 Å². The number of likely N-dealkylation sites (N-methyl/N-ethyl adjacent to an activating group) is 1. The van der Waals surface area contributed by atoms with Crippen molar-refractivity contribution in [3.05, 3.63) is 35.4 Å². The first-order valence-electron chi connectivity index (χ1n) is 7.41. The van der Waals surface area contributed by atoms with Crippen LogP contribution in [0.5, 0.6) is 0 Å². The van der Waals surface area contributed by atoms with E-state index < -0.39 is 0 Å². The maximum absolute atomic E-state index is 12.4. The van der Waals surface area contributed by atoms with Crippen molar-refractivity contribution in [2.24, 2.45) is 5.73 Å². The molecule has 1 aliphatic carbocycles. The largest absolute Gasteiger partial charge is 0.347 e. The number of hydrogen-bond acceptors (Lipinski definition) is 3. The Kier molecular flexibility index (Phi) is 3.52. The predicted octanol–water partition coefficient (Wildman–Crippen LogP) is 1.68. The van der Waals surface area contributed by atoms with Gasteiger partial charge in [0.25, 0.3) is 0 Å². The topological polar surface area (TPSA) is 49.6 Å². The molecule has 1 aliphatic heterocycles. The van der Waals surface area contributed by atoms with Crippen LogP contribution in [0.3, 0.4) is 0 Å². The quantitative estimate of drug-likeness (QED) is 0.892. The van der Waals surface area contributed by atoms with E-state index in [9.17, 15) is 4.79 Å². The molecule has 1 heterocycles. The molecule has 1 aromatic carbocycles. The van der Waals surface area contributed by atoms with Gasteiger partial charge in [-0.25, -0.2) is 0 Å². The smallest absolute Gasteiger partial charge is 0.239 e. The molecule has 1 amide bonds. The fourth-order valence-electron chi connectivity index (χ4n) is 3.69. The first-order valence-corrected chi connectivity index (χ1v) is 7.41. The molecule has 4 nitrogen and oxygen atoms in total. The second-order valence-electron chi connectivity index (χ2n) is 6.12. The highest BCUT2D eigenvalue weighted by atomic mass is 16.2. The summed E-state index contributed by atoms with van der Waals surface area (Å²) in [7, 11) is 3.68. The maximum atomic E-state index is 12.4. The molecule has 3 atom stereocenters. The van der Waals surface area contributed by atoms with Crippen LogP contribution in [-0.2, 0) is 4.79 Å². The number of likely N-dealkylation sites (tertiary alicyclic amines) is 1. The van der Waals surface area contributed by atoms with Gasteiger partial charge in [0.2, 0.25) is 5.91 Å². The van der Waals surface area contributed by atoms with Crippen molar-refractivity contribution in [1.29, 1.82) is 0 Å². The Labute approximate surface area is 120 Å². The molecule has 0 bridgehead atoms. The van der Waals surface area contributed by atoms with Crippen LogP contribution < -0.4 is 5.73 Å². The minimum Gasteiger partial charge on any atom is -0.347 e. The SMILES string of the molecule is CN(C)C(=O)C1CCCN1C1CC(N)c2ccccc21. The highest BCUT2D eigenvalue weighted by molar-refractivity contribution is 5.81. The fourth-order valence-corrected chi connectivity index (χ4v) is 3.69. The first-order chi connectivity index (χ1) is 9.59. The van der Waals surface area contributed by atoms with Crippen LogP contribution in [0.1, 0.15) is 42.5 Å². The van der Waals surface area contributed by atoms with E-state index >= 15 is 0 Å². The fraction of sp³-hybridized carbons (Fsp3) is 0.562. The van der Waals surface area contributed by atoms with E-state index in [2.05, 4.69) is 23.1 Å². The predicted molar refractivity (Wildman–Crippen MR) is 79.2 cm³/mol. The van der Waals surface area contributed by atoms with Gasteiger partial charge in [0.1, 0.15) is 0 Å². The molecule has 2 N–H and O–H groups in total. The van der Waals surface area contributed by atoms with E-state index in [4.69, 9.17) is 5.73 Å². The van der Waals surface area contributed by atoms with Crippen LogP contribution in [0.15, 0.2) is 24.3 Å². The van der Waals surface area contributed by atoms with Crippen molar-refractivity contribution in [2.75, 3.05) is 20.6 Å².